The largest absolute Gasteiger partial charge is 0.497 e. The first kappa shape index (κ1) is 14.8. The molecule has 0 saturated carbocycles. The smallest absolute Gasteiger partial charge is 0.127 e. The van der Waals surface area contributed by atoms with Gasteiger partial charge in [0.05, 0.1) is 25.2 Å². The third-order valence-electron chi connectivity index (χ3n) is 2.71. The number of methoxy groups -OCH3 is 1. The van der Waals surface area contributed by atoms with Crippen molar-refractivity contribution in [3.8, 4) is 17.6 Å². The van der Waals surface area contributed by atoms with Crippen LogP contribution in [0, 0.1) is 16.7 Å². The lowest BCUT2D eigenvalue weighted by Gasteiger charge is -2.17. The van der Waals surface area contributed by atoms with Crippen LogP contribution in [0.15, 0.2) is 18.2 Å². The minimum absolute atomic E-state index is 0.354. The molecule has 0 heterocycles. The molecule has 1 aromatic carbocycles. The van der Waals surface area contributed by atoms with Crippen molar-refractivity contribution in [2.75, 3.05) is 13.7 Å². The Morgan fingerprint density at radius 3 is 2.67 bits per heavy atom. The zero-order chi connectivity index (χ0) is 13.6. The van der Waals surface area contributed by atoms with Gasteiger partial charge in [-0.2, -0.15) is 5.26 Å². The number of nitrogens with zero attached hydrogens (tertiary/aromatic N) is 1. The second-order valence-electron chi connectivity index (χ2n) is 4.70. The molecule has 0 saturated heterocycles. The van der Waals surface area contributed by atoms with Gasteiger partial charge < -0.3 is 9.47 Å². The zero-order valence-electron chi connectivity index (χ0n) is 11.0. The summed E-state index contributed by atoms with van der Waals surface area (Å²) in [6.07, 6.45) is 0.697. The Hall–Kier alpha value is -1.21. The molecule has 1 aromatic rings. The van der Waals surface area contributed by atoms with Crippen molar-refractivity contribution in [2.45, 2.75) is 25.6 Å². The fourth-order valence-corrected chi connectivity index (χ4v) is 1.84. The molecule has 1 rings (SSSR count). The molecule has 0 N–H and O–H groups in total. The lowest BCUT2D eigenvalue weighted by atomic mass is 9.92. The Morgan fingerprint density at radius 1 is 1.39 bits per heavy atom. The van der Waals surface area contributed by atoms with E-state index in [1.165, 1.54) is 0 Å². The van der Waals surface area contributed by atoms with Crippen LogP contribution in [0.5, 0.6) is 11.5 Å². The van der Waals surface area contributed by atoms with E-state index in [-0.39, 0.29) is 5.41 Å². The lowest BCUT2D eigenvalue weighted by molar-refractivity contribution is 0.262. The van der Waals surface area contributed by atoms with Crippen LogP contribution in [-0.2, 0) is 5.33 Å². The molecule has 0 bridgehead atoms. The van der Waals surface area contributed by atoms with Gasteiger partial charge in [0.2, 0.25) is 0 Å². The first-order valence-electron chi connectivity index (χ1n) is 5.79. The van der Waals surface area contributed by atoms with Crippen LogP contribution >= 0.6 is 15.9 Å². The Labute approximate surface area is 117 Å². The summed E-state index contributed by atoms with van der Waals surface area (Å²) in [7, 11) is 1.63. The number of ether oxygens (including phenoxy) is 2. The van der Waals surface area contributed by atoms with Gasteiger partial charge in [0.15, 0.2) is 0 Å². The number of benzene rings is 1. The third kappa shape index (κ3) is 4.23. The van der Waals surface area contributed by atoms with Crippen LogP contribution in [-0.4, -0.2) is 13.7 Å². The minimum atomic E-state index is -0.354. The molecule has 18 heavy (non-hydrogen) atoms. The molecule has 4 heteroatoms. The molecule has 0 aliphatic carbocycles. The summed E-state index contributed by atoms with van der Waals surface area (Å²) in [5.41, 5.74) is 0.721. The average Bonchev–Trinajstić information content (AvgIpc) is 2.38. The van der Waals surface area contributed by atoms with Gasteiger partial charge in [-0.3, -0.25) is 0 Å². The molecule has 0 fully saturated rings. The van der Waals surface area contributed by atoms with Crippen molar-refractivity contribution < 1.29 is 9.47 Å². The van der Waals surface area contributed by atoms with Gasteiger partial charge in [0, 0.05) is 17.0 Å². The predicted molar refractivity (Wildman–Crippen MR) is 75.1 cm³/mol. The van der Waals surface area contributed by atoms with Crippen LogP contribution in [0.1, 0.15) is 25.8 Å². The summed E-state index contributed by atoms with van der Waals surface area (Å²) in [5, 5.41) is 9.67. The highest BCUT2D eigenvalue weighted by Crippen LogP contribution is 2.27. The Morgan fingerprint density at radius 2 is 2.11 bits per heavy atom. The summed E-state index contributed by atoms with van der Waals surface area (Å²) >= 11 is 3.43. The lowest BCUT2D eigenvalue weighted by Crippen LogP contribution is -2.13. The first-order chi connectivity index (χ1) is 8.52. The highest BCUT2D eigenvalue weighted by atomic mass is 79.9. The maximum absolute atomic E-state index is 8.94. The summed E-state index contributed by atoms with van der Waals surface area (Å²) < 4.78 is 10.9. The molecule has 0 amide bonds. The fourth-order valence-electron chi connectivity index (χ4n) is 1.38. The quantitative estimate of drug-likeness (QED) is 0.748. The van der Waals surface area contributed by atoms with Crippen LogP contribution in [0.25, 0.3) is 0 Å². The summed E-state index contributed by atoms with van der Waals surface area (Å²) in [6.45, 7) is 4.34. The van der Waals surface area contributed by atoms with E-state index in [2.05, 4.69) is 22.0 Å². The molecular formula is C14H18BrNO2. The highest BCUT2D eigenvalue weighted by Gasteiger charge is 2.16. The molecule has 3 nitrogen and oxygen atoms in total. The second kappa shape index (κ2) is 6.65. The fraction of sp³-hybridized carbons (Fsp3) is 0.500. The Balaban J connectivity index is 2.69. The molecule has 0 aliphatic rings. The maximum Gasteiger partial charge on any atom is 0.127 e. The van der Waals surface area contributed by atoms with E-state index in [1.54, 1.807) is 7.11 Å². The highest BCUT2D eigenvalue weighted by molar-refractivity contribution is 9.08. The average molecular weight is 312 g/mol. The second-order valence-corrected chi connectivity index (χ2v) is 5.26. The summed E-state index contributed by atoms with van der Waals surface area (Å²) in [4.78, 5) is 0. The van der Waals surface area contributed by atoms with E-state index < -0.39 is 0 Å². The monoisotopic (exact) mass is 311 g/mol. The van der Waals surface area contributed by atoms with Gasteiger partial charge >= 0.3 is 0 Å². The molecule has 0 unspecified atom stereocenters. The normalized spacial score (nSPS) is 10.8. The standard InChI is InChI=1S/C14H18BrNO2/c1-14(2,10-16)6-7-18-13-8-12(17-3)5-4-11(13)9-15/h4-5,8H,6-7,9H2,1-3H3. The molecule has 0 aliphatic heterocycles. The Kier molecular flexibility index (Phi) is 5.49. The van der Waals surface area contributed by atoms with Crippen molar-refractivity contribution in [3.63, 3.8) is 0 Å². The number of rotatable bonds is 6. The van der Waals surface area contributed by atoms with Crippen molar-refractivity contribution >= 4 is 15.9 Å². The van der Waals surface area contributed by atoms with Gasteiger partial charge in [-0.1, -0.05) is 22.0 Å². The number of hydrogen-bond donors (Lipinski definition) is 0. The van der Waals surface area contributed by atoms with Gasteiger partial charge in [0.25, 0.3) is 0 Å². The Bertz CT molecular complexity index is 438. The van der Waals surface area contributed by atoms with Gasteiger partial charge in [0.1, 0.15) is 11.5 Å². The molecule has 0 radical (unpaired) electrons. The number of nitriles is 1. The number of alkyl halides is 1. The third-order valence-corrected chi connectivity index (χ3v) is 3.31. The van der Waals surface area contributed by atoms with Crippen molar-refractivity contribution in [3.05, 3.63) is 23.8 Å². The van der Waals surface area contributed by atoms with E-state index in [9.17, 15) is 0 Å². The van der Waals surface area contributed by atoms with Gasteiger partial charge in [-0.25, -0.2) is 0 Å². The first-order valence-corrected chi connectivity index (χ1v) is 6.91. The van der Waals surface area contributed by atoms with Gasteiger partial charge in [-0.15, -0.1) is 0 Å². The van der Waals surface area contributed by atoms with Gasteiger partial charge in [-0.05, 0) is 26.3 Å². The molecule has 0 aromatic heterocycles. The van der Waals surface area contributed by atoms with E-state index in [1.807, 2.05) is 32.0 Å². The predicted octanol–water partition coefficient (Wildman–Crippen LogP) is 3.91. The topological polar surface area (TPSA) is 42.2 Å². The van der Waals surface area contributed by atoms with Crippen LogP contribution in [0.2, 0.25) is 0 Å². The SMILES string of the molecule is COc1ccc(CBr)c(OCCC(C)(C)C#N)c1. The zero-order valence-corrected chi connectivity index (χ0v) is 12.6. The van der Waals surface area contributed by atoms with E-state index in [0.29, 0.717) is 13.0 Å². The van der Waals surface area contributed by atoms with Crippen LogP contribution in [0.4, 0.5) is 0 Å². The van der Waals surface area contributed by atoms with Crippen LogP contribution < -0.4 is 9.47 Å². The summed E-state index contributed by atoms with van der Waals surface area (Å²) in [5.74, 6) is 1.58. The minimum Gasteiger partial charge on any atom is -0.497 e. The van der Waals surface area contributed by atoms with E-state index in [0.717, 1.165) is 22.4 Å². The molecule has 98 valence electrons. The molecular weight excluding hydrogens is 294 g/mol. The van der Waals surface area contributed by atoms with Crippen molar-refractivity contribution in [2.24, 2.45) is 5.41 Å². The number of hydrogen-bond acceptors (Lipinski definition) is 3. The summed E-state index contributed by atoms with van der Waals surface area (Å²) in [6, 6.07) is 8.01. The van der Waals surface area contributed by atoms with Crippen LogP contribution in [0.3, 0.4) is 0 Å². The molecule has 0 spiro atoms. The van der Waals surface area contributed by atoms with E-state index in [4.69, 9.17) is 14.7 Å². The van der Waals surface area contributed by atoms with Crippen molar-refractivity contribution in [1.29, 1.82) is 5.26 Å². The van der Waals surface area contributed by atoms with E-state index >= 15 is 0 Å². The molecule has 0 atom stereocenters. The van der Waals surface area contributed by atoms with Crippen molar-refractivity contribution in [1.82, 2.24) is 0 Å². The maximum atomic E-state index is 8.94. The number of halogens is 1.